The van der Waals surface area contributed by atoms with Crippen LogP contribution in [0.1, 0.15) is 38.7 Å². The van der Waals surface area contributed by atoms with Gasteiger partial charge in [0.15, 0.2) is 0 Å². The zero-order chi connectivity index (χ0) is 20.6. The van der Waals surface area contributed by atoms with Crippen LogP contribution in [-0.2, 0) is 11.3 Å². The summed E-state index contributed by atoms with van der Waals surface area (Å²) in [5.41, 5.74) is 0.982. The Bertz CT molecular complexity index is 805. The Morgan fingerprint density at radius 3 is 2.90 bits per heavy atom. The van der Waals surface area contributed by atoms with Gasteiger partial charge in [0.1, 0.15) is 12.1 Å². The van der Waals surface area contributed by atoms with Crippen LogP contribution in [0.25, 0.3) is 5.82 Å². The summed E-state index contributed by atoms with van der Waals surface area (Å²) in [7, 11) is 0. The SMILES string of the molecule is CC(C)CNC(=O)N1CCCC(CC(=O)NCc2ccnc(-n3ccnc3)c2)C1. The molecule has 3 amide bonds. The molecule has 0 aromatic carbocycles. The standard InChI is InChI=1S/C21H30N6O2/c1-16(2)12-25-21(29)26-8-3-4-18(14-26)11-20(28)24-13-17-5-6-23-19(10-17)27-9-7-22-15-27/h5-7,9-10,15-16,18H,3-4,8,11-14H2,1-2H3,(H,24,28)(H,25,29). The van der Waals surface area contributed by atoms with Crippen LogP contribution in [0.5, 0.6) is 0 Å². The Balaban J connectivity index is 1.46. The van der Waals surface area contributed by atoms with Crippen molar-refractivity contribution in [2.75, 3.05) is 19.6 Å². The van der Waals surface area contributed by atoms with E-state index in [0.29, 0.717) is 32.0 Å². The molecule has 1 aliphatic rings. The second-order valence-corrected chi connectivity index (χ2v) is 8.01. The number of imidazole rings is 1. The molecule has 1 aliphatic heterocycles. The minimum Gasteiger partial charge on any atom is -0.352 e. The normalized spacial score (nSPS) is 16.7. The van der Waals surface area contributed by atoms with Crippen molar-refractivity contribution in [2.24, 2.45) is 11.8 Å². The maximum atomic E-state index is 12.4. The molecular weight excluding hydrogens is 368 g/mol. The van der Waals surface area contributed by atoms with Gasteiger partial charge in [-0.25, -0.2) is 14.8 Å². The second-order valence-electron chi connectivity index (χ2n) is 8.01. The predicted molar refractivity (Wildman–Crippen MR) is 110 cm³/mol. The molecular formula is C21H30N6O2. The van der Waals surface area contributed by atoms with Gasteiger partial charge in [0.2, 0.25) is 5.91 Å². The number of amides is 3. The predicted octanol–water partition coefficient (Wildman–Crippen LogP) is 2.35. The van der Waals surface area contributed by atoms with E-state index in [1.165, 1.54) is 0 Å². The summed E-state index contributed by atoms with van der Waals surface area (Å²) in [6, 6.07) is 3.80. The zero-order valence-corrected chi connectivity index (χ0v) is 17.2. The van der Waals surface area contributed by atoms with E-state index in [0.717, 1.165) is 30.8 Å². The molecule has 0 aliphatic carbocycles. The first-order valence-electron chi connectivity index (χ1n) is 10.2. The third-order valence-corrected chi connectivity index (χ3v) is 5.01. The quantitative estimate of drug-likeness (QED) is 0.749. The molecule has 0 radical (unpaired) electrons. The number of carbonyl (C=O) groups excluding carboxylic acids is 2. The number of urea groups is 1. The summed E-state index contributed by atoms with van der Waals surface area (Å²) in [6.45, 7) is 6.67. The lowest BCUT2D eigenvalue weighted by atomic mass is 9.94. The van der Waals surface area contributed by atoms with E-state index < -0.39 is 0 Å². The number of nitrogens with one attached hydrogen (secondary N) is 2. The van der Waals surface area contributed by atoms with E-state index >= 15 is 0 Å². The third kappa shape index (κ3) is 6.30. The van der Waals surface area contributed by atoms with E-state index in [1.54, 1.807) is 18.7 Å². The molecule has 3 heterocycles. The lowest BCUT2D eigenvalue weighted by Crippen LogP contribution is -2.47. The molecule has 0 saturated carbocycles. The molecule has 1 saturated heterocycles. The first kappa shape index (κ1) is 20.8. The number of rotatable bonds is 7. The minimum atomic E-state index is -0.0207. The first-order valence-corrected chi connectivity index (χ1v) is 10.2. The largest absolute Gasteiger partial charge is 0.352 e. The van der Waals surface area contributed by atoms with E-state index in [-0.39, 0.29) is 17.9 Å². The highest BCUT2D eigenvalue weighted by Crippen LogP contribution is 2.20. The third-order valence-electron chi connectivity index (χ3n) is 5.01. The van der Waals surface area contributed by atoms with Crippen LogP contribution >= 0.6 is 0 Å². The molecule has 2 aromatic rings. The summed E-state index contributed by atoms with van der Waals surface area (Å²) in [5, 5.41) is 5.96. The van der Waals surface area contributed by atoms with Crippen LogP contribution in [-0.4, -0.2) is 51.0 Å². The van der Waals surface area contributed by atoms with Crippen LogP contribution < -0.4 is 10.6 Å². The molecule has 2 aromatic heterocycles. The van der Waals surface area contributed by atoms with Gasteiger partial charge in [0.25, 0.3) is 0 Å². The number of pyridine rings is 1. The number of likely N-dealkylation sites (tertiary alicyclic amines) is 1. The molecule has 0 spiro atoms. The van der Waals surface area contributed by atoms with E-state index in [4.69, 9.17) is 0 Å². The lowest BCUT2D eigenvalue weighted by molar-refractivity contribution is -0.122. The Labute approximate surface area is 171 Å². The maximum Gasteiger partial charge on any atom is 0.317 e. The maximum absolute atomic E-state index is 12.4. The van der Waals surface area contributed by atoms with Gasteiger partial charge >= 0.3 is 6.03 Å². The van der Waals surface area contributed by atoms with Crippen LogP contribution in [0.4, 0.5) is 4.79 Å². The average Bonchev–Trinajstić information content (AvgIpc) is 3.26. The van der Waals surface area contributed by atoms with Crippen molar-refractivity contribution < 1.29 is 9.59 Å². The fourth-order valence-corrected chi connectivity index (χ4v) is 3.46. The Kier molecular flexibility index (Phi) is 7.21. The summed E-state index contributed by atoms with van der Waals surface area (Å²) in [4.78, 5) is 34.9. The van der Waals surface area contributed by atoms with Crippen molar-refractivity contribution in [3.63, 3.8) is 0 Å². The molecule has 8 heteroatoms. The van der Waals surface area contributed by atoms with E-state index in [9.17, 15) is 9.59 Å². The fourth-order valence-electron chi connectivity index (χ4n) is 3.46. The van der Waals surface area contributed by atoms with Gasteiger partial charge in [-0.15, -0.1) is 0 Å². The number of hydrogen-bond donors (Lipinski definition) is 2. The number of aromatic nitrogens is 3. The van der Waals surface area contributed by atoms with Gasteiger partial charge < -0.3 is 15.5 Å². The van der Waals surface area contributed by atoms with Gasteiger partial charge in [0.05, 0.1) is 0 Å². The topological polar surface area (TPSA) is 92.2 Å². The first-order chi connectivity index (χ1) is 14.0. The molecule has 3 rings (SSSR count). The molecule has 2 N–H and O–H groups in total. The van der Waals surface area contributed by atoms with Gasteiger partial charge in [-0.3, -0.25) is 9.36 Å². The van der Waals surface area contributed by atoms with Crippen molar-refractivity contribution in [3.8, 4) is 5.82 Å². The number of piperidine rings is 1. The van der Waals surface area contributed by atoms with E-state index in [2.05, 4.69) is 34.4 Å². The average molecular weight is 399 g/mol. The van der Waals surface area contributed by atoms with Crippen molar-refractivity contribution in [1.29, 1.82) is 0 Å². The summed E-state index contributed by atoms with van der Waals surface area (Å²) < 4.78 is 1.83. The number of carbonyl (C=O) groups is 2. The monoisotopic (exact) mass is 398 g/mol. The van der Waals surface area contributed by atoms with Gasteiger partial charge in [-0.2, -0.15) is 0 Å². The van der Waals surface area contributed by atoms with Crippen LogP contribution in [0.2, 0.25) is 0 Å². The van der Waals surface area contributed by atoms with Crippen LogP contribution in [0.15, 0.2) is 37.1 Å². The molecule has 156 valence electrons. The molecule has 1 fully saturated rings. The molecule has 1 atom stereocenters. The zero-order valence-electron chi connectivity index (χ0n) is 17.2. The van der Waals surface area contributed by atoms with Crippen molar-refractivity contribution in [1.82, 2.24) is 30.1 Å². The smallest absolute Gasteiger partial charge is 0.317 e. The highest BCUT2D eigenvalue weighted by Gasteiger charge is 2.25. The van der Waals surface area contributed by atoms with Gasteiger partial charge in [-0.05, 0) is 42.4 Å². The van der Waals surface area contributed by atoms with Crippen molar-refractivity contribution in [2.45, 2.75) is 39.7 Å². The molecule has 1 unspecified atom stereocenters. The highest BCUT2D eigenvalue weighted by molar-refractivity contribution is 5.77. The molecule has 0 bridgehead atoms. The highest BCUT2D eigenvalue weighted by atomic mass is 16.2. The number of hydrogen-bond acceptors (Lipinski definition) is 4. The summed E-state index contributed by atoms with van der Waals surface area (Å²) in [6.07, 6.45) is 9.30. The lowest BCUT2D eigenvalue weighted by Gasteiger charge is -2.32. The van der Waals surface area contributed by atoms with Crippen molar-refractivity contribution >= 4 is 11.9 Å². The fraction of sp³-hybridized carbons (Fsp3) is 0.524. The molecule has 8 nitrogen and oxygen atoms in total. The molecule has 29 heavy (non-hydrogen) atoms. The van der Waals surface area contributed by atoms with Crippen molar-refractivity contribution in [3.05, 3.63) is 42.6 Å². The second kappa shape index (κ2) is 10.0. The Morgan fingerprint density at radius 2 is 2.14 bits per heavy atom. The number of nitrogens with zero attached hydrogens (tertiary/aromatic N) is 4. The summed E-state index contributed by atoms with van der Waals surface area (Å²) >= 11 is 0. The van der Waals surface area contributed by atoms with E-state index in [1.807, 2.05) is 27.8 Å². The van der Waals surface area contributed by atoms with Crippen LogP contribution in [0, 0.1) is 11.8 Å². The van der Waals surface area contributed by atoms with Gasteiger partial charge in [0, 0.05) is 51.2 Å². The summed E-state index contributed by atoms with van der Waals surface area (Å²) in [5.74, 6) is 1.41. The minimum absolute atomic E-state index is 0.0143. The Hall–Kier alpha value is -2.90. The van der Waals surface area contributed by atoms with Gasteiger partial charge in [-0.1, -0.05) is 13.8 Å². The van der Waals surface area contributed by atoms with Crippen LogP contribution in [0.3, 0.4) is 0 Å². The Morgan fingerprint density at radius 1 is 1.28 bits per heavy atom.